The highest BCUT2D eigenvalue weighted by Gasteiger charge is 2.55. The predicted octanol–water partition coefficient (Wildman–Crippen LogP) is 2.78. The maximum Gasteiger partial charge on any atom is 0.283 e. The van der Waals surface area contributed by atoms with Gasteiger partial charge in [-0.25, -0.2) is 15.0 Å². The van der Waals surface area contributed by atoms with Crippen molar-refractivity contribution >= 4 is 11.9 Å². The Labute approximate surface area is 187 Å². The number of nitrogens with two attached hydrogens (primary N) is 1. The number of rotatable bonds is 2. The van der Waals surface area contributed by atoms with Crippen molar-refractivity contribution in [2.45, 2.75) is 57.7 Å². The standard InChI is InChI=1S/C24H29N5O3/c1-23(2,3)21(30)28-16-5-7-20-18(9-16)24(12-31-22(25)29-24)17-8-14(4-6-19(17)32-20)15-10-26-13-27-11-15/h4,6,8,10-11,13,16,18,20H,5,7,9,12H2,1-3H3,(H2,25,29)(H,28,30)/t16?,18?,20-,24?/m0/s1. The van der Waals surface area contributed by atoms with Crippen LogP contribution in [0, 0.1) is 11.3 Å². The highest BCUT2D eigenvalue weighted by molar-refractivity contribution is 5.81. The molecule has 3 aliphatic rings. The molecule has 1 aromatic heterocycles. The molecule has 1 spiro atoms. The Morgan fingerprint density at radius 1 is 1.19 bits per heavy atom. The van der Waals surface area contributed by atoms with Crippen LogP contribution < -0.4 is 15.8 Å². The first kappa shape index (κ1) is 20.7. The smallest absolute Gasteiger partial charge is 0.283 e. The van der Waals surface area contributed by atoms with E-state index in [9.17, 15) is 4.79 Å². The number of nitrogens with zero attached hydrogens (tertiary/aromatic N) is 3. The molecule has 1 aromatic carbocycles. The number of hydrogen-bond acceptors (Lipinski definition) is 7. The van der Waals surface area contributed by atoms with Crippen molar-refractivity contribution in [3.63, 3.8) is 0 Å². The van der Waals surface area contributed by atoms with E-state index in [-0.39, 0.29) is 30.0 Å². The van der Waals surface area contributed by atoms with Gasteiger partial charge in [-0.2, -0.15) is 0 Å². The summed E-state index contributed by atoms with van der Waals surface area (Å²) < 4.78 is 12.2. The second kappa shape index (κ2) is 7.46. The topological polar surface area (TPSA) is 112 Å². The predicted molar refractivity (Wildman–Crippen MR) is 120 cm³/mol. The maximum absolute atomic E-state index is 12.6. The van der Waals surface area contributed by atoms with Gasteiger partial charge in [-0.05, 0) is 37.0 Å². The summed E-state index contributed by atoms with van der Waals surface area (Å²) in [5.41, 5.74) is 7.83. The van der Waals surface area contributed by atoms with Gasteiger partial charge < -0.3 is 20.5 Å². The van der Waals surface area contributed by atoms with E-state index in [0.717, 1.165) is 41.7 Å². The summed E-state index contributed by atoms with van der Waals surface area (Å²) in [6.45, 7) is 6.16. The summed E-state index contributed by atoms with van der Waals surface area (Å²) in [4.78, 5) is 25.8. The first-order chi connectivity index (χ1) is 15.3. The lowest BCUT2D eigenvalue weighted by atomic mass is 9.67. The fraction of sp³-hybridized carbons (Fsp3) is 0.500. The van der Waals surface area contributed by atoms with Crippen molar-refractivity contribution in [2.24, 2.45) is 22.1 Å². The Kier molecular flexibility index (Phi) is 4.83. The molecule has 168 valence electrons. The fourth-order valence-electron chi connectivity index (χ4n) is 5.05. The van der Waals surface area contributed by atoms with Crippen LogP contribution in [0.15, 0.2) is 41.9 Å². The molecule has 0 saturated heterocycles. The summed E-state index contributed by atoms with van der Waals surface area (Å²) in [7, 11) is 0. The SMILES string of the molecule is CC(C)(C)C(=O)NC1CC[C@@H]2Oc3ccc(-c4cncnc4)cc3C3(COC(N)=N3)C2C1. The molecule has 32 heavy (non-hydrogen) atoms. The van der Waals surface area contributed by atoms with Gasteiger partial charge in [-0.3, -0.25) is 4.79 Å². The zero-order valence-corrected chi connectivity index (χ0v) is 18.7. The second-order valence-corrected chi connectivity index (χ2v) is 10.00. The number of amides is 1. The maximum atomic E-state index is 12.6. The lowest BCUT2D eigenvalue weighted by Gasteiger charge is -2.48. The van der Waals surface area contributed by atoms with Crippen molar-refractivity contribution in [3.8, 4) is 16.9 Å². The molecule has 1 amide bonds. The molecule has 2 aromatic rings. The van der Waals surface area contributed by atoms with Gasteiger partial charge in [0.15, 0.2) is 0 Å². The fourth-order valence-corrected chi connectivity index (χ4v) is 5.05. The minimum atomic E-state index is -0.640. The number of hydrogen-bond donors (Lipinski definition) is 2. The molecule has 5 rings (SSSR count). The van der Waals surface area contributed by atoms with Gasteiger partial charge in [0.05, 0.1) is 0 Å². The lowest BCUT2D eigenvalue weighted by molar-refractivity contribution is -0.130. The van der Waals surface area contributed by atoms with Gasteiger partial charge in [0, 0.05) is 40.9 Å². The third-order valence-corrected chi connectivity index (χ3v) is 6.78. The molecule has 0 bridgehead atoms. The number of nitrogens with one attached hydrogen (secondary N) is 1. The van der Waals surface area contributed by atoms with E-state index in [2.05, 4.69) is 21.4 Å². The van der Waals surface area contributed by atoms with Crippen LogP contribution >= 0.6 is 0 Å². The third kappa shape index (κ3) is 3.47. The van der Waals surface area contributed by atoms with Crippen LogP contribution in [0.1, 0.15) is 45.6 Å². The Balaban J connectivity index is 1.52. The Morgan fingerprint density at radius 2 is 1.97 bits per heavy atom. The number of ether oxygens (including phenoxy) is 2. The van der Waals surface area contributed by atoms with Crippen LogP contribution in [-0.4, -0.2) is 40.6 Å². The van der Waals surface area contributed by atoms with E-state index in [1.165, 1.54) is 6.33 Å². The van der Waals surface area contributed by atoms with E-state index >= 15 is 0 Å². The highest BCUT2D eigenvalue weighted by atomic mass is 16.5. The monoisotopic (exact) mass is 435 g/mol. The van der Waals surface area contributed by atoms with Crippen molar-refractivity contribution in [1.29, 1.82) is 0 Å². The molecule has 3 N–H and O–H groups in total. The zero-order chi connectivity index (χ0) is 22.5. The average Bonchev–Trinajstić information content (AvgIpc) is 3.16. The van der Waals surface area contributed by atoms with E-state index in [0.29, 0.717) is 6.61 Å². The van der Waals surface area contributed by atoms with Crippen molar-refractivity contribution in [2.75, 3.05) is 6.61 Å². The van der Waals surface area contributed by atoms with E-state index in [1.807, 2.05) is 32.9 Å². The molecule has 3 unspecified atom stereocenters. The number of aromatic nitrogens is 2. The Hall–Kier alpha value is -3.16. The molecule has 1 saturated carbocycles. The van der Waals surface area contributed by atoms with Crippen LogP contribution in [0.2, 0.25) is 0 Å². The van der Waals surface area contributed by atoms with Crippen LogP contribution in [0.4, 0.5) is 0 Å². The zero-order valence-electron chi connectivity index (χ0n) is 18.7. The van der Waals surface area contributed by atoms with E-state index < -0.39 is 11.0 Å². The molecule has 0 radical (unpaired) electrons. The van der Waals surface area contributed by atoms with Gasteiger partial charge in [-0.15, -0.1) is 0 Å². The minimum Gasteiger partial charge on any atom is -0.490 e. The largest absolute Gasteiger partial charge is 0.490 e. The van der Waals surface area contributed by atoms with Crippen molar-refractivity contribution in [3.05, 3.63) is 42.5 Å². The molecule has 8 heteroatoms. The average molecular weight is 436 g/mol. The molecule has 1 fully saturated rings. The van der Waals surface area contributed by atoms with Crippen LogP contribution in [0.5, 0.6) is 5.75 Å². The summed E-state index contributed by atoms with van der Waals surface area (Å²) >= 11 is 0. The molecule has 3 heterocycles. The number of carbonyl (C=O) groups excluding carboxylic acids is 1. The van der Waals surface area contributed by atoms with Crippen LogP contribution in [0.25, 0.3) is 11.1 Å². The van der Waals surface area contributed by atoms with Gasteiger partial charge >= 0.3 is 0 Å². The third-order valence-electron chi connectivity index (χ3n) is 6.78. The Bertz CT molecular complexity index is 1070. The number of aliphatic imine (C=N–C) groups is 1. The van der Waals surface area contributed by atoms with Gasteiger partial charge in [0.25, 0.3) is 6.02 Å². The van der Waals surface area contributed by atoms with Crippen LogP contribution in [-0.2, 0) is 15.1 Å². The summed E-state index contributed by atoms with van der Waals surface area (Å²) in [6, 6.07) is 6.36. The summed E-state index contributed by atoms with van der Waals surface area (Å²) in [5, 5.41) is 3.24. The molecule has 4 atom stereocenters. The molecule has 2 aliphatic heterocycles. The summed E-state index contributed by atoms with van der Waals surface area (Å²) in [5.74, 6) is 0.910. The molecule has 1 aliphatic carbocycles. The lowest BCUT2D eigenvalue weighted by Crippen LogP contribution is -2.55. The van der Waals surface area contributed by atoms with Gasteiger partial charge in [0.2, 0.25) is 5.91 Å². The number of fused-ring (bicyclic) bond motifs is 4. The molecule has 8 nitrogen and oxygen atoms in total. The second-order valence-electron chi connectivity index (χ2n) is 10.00. The Morgan fingerprint density at radius 3 is 2.66 bits per heavy atom. The van der Waals surface area contributed by atoms with Gasteiger partial charge in [-0.1, -0.05) is 26.8 Å². The quantitative estimate of drug-likeness (QED) is 0.750. The first-order valence-corrected chi connectivity index (χ1v) is 11.1. The number of carbonyl (C=O) groups is 1. The minimum absolute atomic E-state index is 0.00514. The highest BCUT2D eigenvalue weighted by Crippen LogP contribution is 2.53. The molecular formula is C24H29N5O3. The van der Waals surface area contributed by atoms with Crippen molar-refractivity contribution in [1.82, 2.24) is 15.3 Å². The normalized spacial score (nSPS) is 28.7. The molecular weight excluding hydrogens is 406 g/mol. The van der Waals surface area contributed by atoms with Crippen LogP contribution in [0.3, 0.4) is 0 Å². The first-order valence-electron chi connectivity index (χ1n) is 11.1. The van der Waals surface area contributed by atoms with Crippen molar-refractivity contribution < 1.29 is 14.3 Å². The van der Waals surface area contributed by atoms with E-state index in [1.54, 1.807) is 12.4 Å². The summed E-state index contributed by atoms with van der Waals surface area (Å²) in [6.07, 6.45) is 7.55. The number of amidine groups is 1. The van der Waals surface area contributed by atoms with Gasteiger partial charge in [0.1, 0.15) is 30.3 Å². The number of benzene rings is 1. The van der Waals surface area contributed by atoms with E-state index in [4.69, 9.17) is 20.2 Å².